The van der Waals surface area contributed by atoms with E-state index in [4.69, 9.17) is 13.9 Å². The molecule has 7 nitrogen and oxygen atoms in total. The molecule has 1 aromatic carbocycles. The Morgan fingerprint density at radius 3 is 2.79 bits per heavy atom. The average molecular weight is 329 g/mol. The molecule has 126 valence electrons. The van der Waals surface area contributed by atoms with Gasteiger partial charge in [0.2, 0.25) is 0 Å². The average Bonchev–Trinajstić information content (AvgIpc) is 3.32. The first-order chi connectivity index (χ1) is 11.7. The monoisotopic (exact) mass is 329 g/mol. The van der Waals surface area contributed by atoms with Gasteiger partial charge in [0, 0.05) is 23.7 Å². The summed E-state index contributed by atoms with van der Waals surface area (Å²) in [6, 6.07) is 8.09. The van der Waals surface area contributed by atoms with Crippen LogP contribution in [-0.2, 0) is 0 Å². The summed E-state index contributed by atoms with van der Waals surface area (Å²) in [6.45, 7) is 0. The third kappa shape index (κ3) is 2.94. The van der Waals surface area contributed by atoms with Crippen LogP contribution in [0, 0.1) is 0 Å². The van der Waals surface area contributed by atoms with Gasteiger partial charge >= 0.3 is 6.08 Å². The fourth-order valence-electron chi connectivity index (χ4n) is 3.39. The molecule has 0 radical (unpaired) electrons. The number of hydrogen-bond donors (Lipinski definition) is 2. The maximum absolute atomic E-state index is 12.4. The van der Waals surface area contributed by atoms with Crippen molar-refractivity contribution in [3.05, 3.63) is 36.1 Å². The quantitative estimate of drug-likeness (QED) is 0.874. The van der Waals surface area contributed by atoms with Gasteiger partial charge in [0.15, 0.2) is 6.26 Å². The fraction of sp³-hybridized carbons (Fsp3) is 0.412. The van der Waals surface area contributed by atoms with Gasteiger partial charge in [-0.25, -0.2) is 0 Å². The molecule has 1 amide bonds. The molecule has 4 rings (SSSR count). The van der Waals surface area contributed by atoms with Crippen LogP contribution in [0.25, 0.3) is 0 Å². The van der Waals surface area contributed by atoms with E-state index in [1.165, 1.54) is 19.8 Å². The Balaban J connectivity index is 1.37. The van der Waals surface area contributed by atoms with Crippen LogP contribution in [0.3, 0.4) is 0 Å². The number of carbonyl (C=O) groups is 1. The van der Waals surface area contributed by atoms with E-state index in [-0.39, 0.29) is 18.0 Å². The second-order valence-electron chi connectivity index (χ2n) is 6.15. The van der Waals surface area contributed by atoms with Gasteiger partial charge in [-0.1, -0.05) is 0 Å². The molecule has 2 fully saturated rings. The molecule has 2 bridgehead atoms. The number of benzene rings is 1. The Kier molecular flexibility index (Phi) is 3.86. The minimum Gasteiger partial charge on any atom is -0.479 e. The van der Waals surface area contributed by atoms with E-state index < -0.39 is 0 Å². The van der Waals surface area contributed by atoms with Crippen molar-refractivity contribution in [1.82, 2.24) is 15.6 Å². The van der Waals surface area contributed by atoms with Crippen molar-refractivity contribution < 1.29 is 18.7 Å². The Labute approximate surface area is 139 Å². The number of aromatic nitrogens is 1. The second kappa shape index (κ2) is 6.16. The summed E-state index contributed by atoms with van der Waals surface area (Å²) in [5.41, 5.74) is 0.607. The number of hydrogen-bond acceptors (Lipinski definition) is 6. The first-order valence-electron chi connectivity index (χ1n) is 8.05. The van der Waals surface area contributed by atoms with Crippen molar-refractivity contribution in [3.63, 3.8) is 0 Å². The van der Waals surface area contributed by atoms with Gasteiger partial charge in [0.1, 0.15) is 5.75 Å². The lowest BCUT2D eigenvalue weighted by molar-refractivity contribution is 0.0931. The van der Waals surface area contributed by atoms with Crippen molar-refractivity contribution in [2.45, 2.75) is 37.4 Å². The van der Waals surface area contributed by atoms with Gasteiger partial charge in [-0.15, -0.1) is 4.98 Å². The molecule has 2 aromatic rings. The van der Waals surface area contributed by atoms with Crippen molar-refractivity contribution in [2.75, 3.05) is 7.11 Å². The molecule has 2 aliphatic heterocycles. The normalized spacial score (nSPS) is 24.8. The number of carbonyl (C=O) groups excluding carboxylic acids is 1. The van der Waals surface area contributed by atoms with Crippen LogP contribution in [-0.4, -0.2) is 36.1 Å². The highest BCUT2D eigenvalue weighted by Crippen LogP contribution is 2.28. The molecule has 7 heteroatoms. The van der Waals surface area contributed by atoms with Crippen LogP contribution in [0.2, 0.25) is 0 Å². The zero-order chi connectivity index (χ0) is 16.5. The lowest BCUT2D eigenvalue weighted by Gasteiger charge is -2.21. The number of ether oxygens (including phenoxy) is 2. The first-order valence-corrected chi connectivity index (χ1v) is 8.05. The summed E-state index contributed by atoms with van der Waals surface area (Å²) >= 11 is 0. The van der Waals surface area contributed by atoms with Crippen molar-refractivity contribution in [2.24, 2.45) is 0 Å². The summed E-state index contributed by atoms with van der Waals surface area (Å²) < 4.78 is 15.5. The standard InChI is InChI=1S/C17H19N3O4/c1-22-15-9-23-17(20-15)24-12-5-2-10(3-6-12)16(21)19-14-8-11-4-7-13(14)18-11/h2-3,5-6,9,11,13-14,18H,4,7-8H2,1H3,(H,19,21). The molecule has 0 spiro atoms. The summed E-state index contributed by atoms with van der Waals surface area (Å²) in [5.74, 6) is 0.830. The highest BCUT2D eigenvalue weighted by atomic mass is 16.6. The predicted molar refractivity (Wildman–Crippen MR) is 85.4 cm³/mol. The lowest BCUT2D eigenvalue weighted by atomic mass is 9.95. The molecule has 3 heterocycles. The molecular weight excluding hydrogens is 310 g/mol. The fourth-order valence-corrected chi connectivity index (χ4v) is 3.39. The van der Waals surface area contributed by atoms with Gasteiger partial charge in [-0.2, -0.15) is 0 Å². The highest BCUT2D eigenvalue weighted by molar-refractivity contribution is 5.94. The summed E-state index contributed by atoms with van der Waals surface area (Å²) in [4.78, 5) is 16.3. The Morgan fingerprint density at radius 1 is 1.33 bits per heavy atom. The van der Waals surface area contributed by atoms with E-state index in [0.29, 0.717) is 29.3 Å². The number of rotatable bonds is 5. The van der Waals surface area contributed by atoms with E-state index in [0.717, 1.165) is 12.8 Å². The largest absolute Gasteiger partial charge is 0.479 e. The third-order valence-electron chi connectivity index (χ3n) is 4.61. The van der Waals surface area contributed by atoms with Crippen LogP contribution in [0.15, 0.2) is 34.9 Å². The number of fused-ring (bicyclic) bond motifs is 2. The van der Waals surface area contributed by atoms with E-state index in [2.05, 4.69) is 15.6 Å². The Bertz CT molecular complexity index is 728. The Morgan fingerprint density at radius 2 is 2.17 bits per heavy atom. The second-order valence-corrected chi connectivity index (χ2v) is 6.15. The molecule has 2 aliphatic rings. The molecule has 1 aromatic heterocycles. The van der Waals surface area contributed by atoms with E-state index in [1.54, 1.807) is 24.3 Å². The van der Waals surface area contributed by atoms with Gasteiger partial charge in [0.25, 0.3) is 11.8 Å². The molecule has 2 N–H and O–H groups in total. The van der Waals surface area contributed by atoms with E-state index in [9.17, 15) is 4.79 Å². The summed E-state index contributed by atoms with van der Waals surface area (Å²) in [6.07, 6.45) is 4.83. The van der Waals surface area contributed by atoms with Crippen LogP contribution in [0.5, 0.6) is 17.7 Å². The number of oxazole rings is 1. The van der Waals surface area contributed by atoms with Crippen LogP contribution < -0.4 is 20.1 Å². The van der Waals surface area contributed by atoms with Gasteiger partial charge in [-0.3, -0.25) is 4.79 Å². The van der Waals surface area contributed by atoms with Crippen molar-refractivity contribution >= 4 is 5.91 Å². The van der Waals surface area contributed by atoms with Gasteiger partial charge < -0.3 is 24.5 Å². The minimum absolute atomic E-state index is 0.0568. The van der Waals surface area contributed by atoms with E-state index in [1.807, 2.05) is 0 Å². The van der Waals surface area contributed by atoms with Crippen LogP contribution >= 0.6 is 0 Å². The summed E-state index contributed by atoms with van der Waals surface area (Å²) in [5, 5.41) is 6.63. The first kappa shape index (κ1) is 15.0. The molecule has 24 heavy (non-hydrogen) atoms. The molecule has 3 atom stereocenters. The maximum atomic E-state index is 12.4. The maximum Gasteiger partial charge on any atom is 0.402 e. The van der Waals surface area contributed by atoms with Crippen LogP contribution in [0.1, 0.15) is 29.6 Å². The molecule has 3 unspecified atom stereocenters. The third-order valence-corrected chi connectivity index (χ3v) is 4.61. The van der Waals surface area contributed by atoms with Gasteiger partial charge in [0.05, 0.1) is 7.11 Å². The number of nitrogens with zero attached hydrogens (tertiary/aromatic N) is 1. The smallest absolute Gasteiger partial charge is 0.402 e. The Hall–Kier alpha value is -2.54. The molecular formula is C17H19N3O4. The zero-order valence-corrected chi connectivity index (χ0v) is 13.3. The molecule has 0 aliphatic carbocycles. The molecule has 0 saturated carbocycles. The van der Waals surface area contributed by atoms with E-state index >= 15 is 0 Å². The number of nitrogens with one attached hydrogen (secondary N) is 2. The zero-order valence-electron chi connectivity index (χ0n) is 13.3. The summed E-state index contributed by atoms with van der Waals surface area (Å²) in [7, 11) is 1.50. The van der Waals surface area contributed by atoms with Crippen molar-refractivity contribution in [3.8, 4) is 17.7 Å². The topological polar surface area (TPSA) is 85.6 Å². The van der Waals surface area contributed by atoms with Crippen LogP contribution in [0.4, 0.5) is 0 Å². The van der Waals surface area contributed by atoms with Crippen molar-refractivity contribution in [1.29, 1.82) is 0 Å². The SMILES string of the molecule is COc1coc(Oc2ccc(C(=O)NC3CC4CCC3N4)cc2)n1. The number of amides is 1. The lowest BCUT2D eigenvalue weighted by Crippen LogP contribution is -2.42. The van der Waals surface area contributed by atoms with Gasteiger partial charge in [-0.05, 0) is 43.5 Å². The highest BCUT2D eigenvalue weighted by Gasteiger charge is 2.39. The predicted octanol–water partition coefficient (Wildman–Crippen LogP) is 2.10. The minimum atomic E-state index is -0.0568. The number of methoxy groups -OCH3 is 1. The molecule has 2 saturated heterocycles.